The molecule has 6 nitrogen and oxygen atoms in total. The first-order chi connectivity index (χ1) is 12.5. The van der Waals surface area contributed by atoms with Gasteiger partial charge in [0.05, 0.1) is 11.3 Å². The minimum atomic E-state index is -4.41. The number of aromatic nitrogens is 2. The lowest BCUT2D eigenvalue weighted by Crippen LogP contribution is -2.57. The normalized spacial score (nSPS) is 16.4. The van der Waals surface area contributed by atoms with E-state index in [1.165, 1.54) is 9.58 Å². The molecule has 1 aromatic heterocycles. The zero-order valence-corrected chi connectivity index (χ0v) is 15.3. The molecule has 1 aromatic carbocycles. The Balaban J connectivity index is 0.00000261. The average Bonchev–Trinajstić information content (AvgIpc) is 3.16. The summed E-state index contributed by atoms with van der Waals surface area (Å²) in [5, 5.41) is 9.55. The largest absolute Gasteiger partial charge is 0.405 e. The topological polar surface area (TPSA) is 62.2 Å². The van der Waals surface area contributed by atoms with Crippen LogP contribution in [0.4, 0.5) is 13.2 Å². The van der Waals surface area contributed by atoms with Gasteiger partial charge >= 0.3 is 6.18 Å². The predicted molar refractivity (Wildman–Crippen MR) is 97.4 cm³/mol. The van der Waals surface area contributed by atoms with Crippen LogP contribution in [-0.2, 0) is 0 Å². The number of halogens is 4. The number of hydrogen-bond donors (Lipinski definition) is 2. The second kappa shape index (κ2) is 9.20. The standard InChI is InChI=1S/C17H20F3N5O.ClH/c18-17(19,20)15(24-10-7-21-8-11-24)12-22-16(26)13-4-1-2-5-14(13)25-9-3-6-23-25;/h1-6,9,15,21H,7-8,10-12H2,(H,22,26);1H. The van der Waals surface area contributed by atoms with Gasteiger partial charge < -0.3 is 10.6 Å². The van der Waals surface area contributed by atoms with Gasteiger partial charge in [0.1, 0.15) is 6.04 Å². The molecule has 2 aromatic rings. The van der Waals surface area contributed by atoms with E-state index < -0.39 is 24.7 Å². The fraction of sp³-hybridized carbons (Fsp3) is 0.412. The van der Waals surface area contributed by atoms with Crippen molar-refractivity contribution in [2.24, 2.45) is 0 Å². The molecular weight excluding hydrogens is 383 g/mol. The Labute approximate surface area is 161 Å². The van der Waals surface area contributed by atoms with Crippen molar-refractivity contribution in [3.63, 3.8) is 0 Å². The van der Waals surface area contributed by atoms with Gasteiger partial charge in [0.25, 0.3) is 5.91 Å². The zero-order chi connectivity index (χ0) is 18.6. The summed E-state index contributed by atoms with van der Waals surface area (Å²) in [6.07, 6.45) is -1.17. The van der Waals surface area contributed by atoms with E-state index in [0.717, 1.165) is 0 Å². The van der Waals surface area contributed by atoms with E-state index in [-0.39, 0.29) is 18.0 Å². The lowest BCUT2D eigenvalue weighted by molar-refractivity contribution is -0.183. The van der Waals surface area contributed by atoms with E-state index in [4.69, 9.17) is 0 Å². The summed E-state index contributed by atoms with van der Waals surface area (Å²) in [6, 6.07) is 6.68. The minimum absolute atomic E-state index is 0. The number of rotatable bonds is 5. The van der Waals surface area contributed by atoms with Crippen LogP contribution in [0.1, 0.15) is 10.4 Å². The maximum atomic E-state index is 13.4. The number of carbonyl (C=O) groups excluding carboxylic acids is 1. The van der Waals surface area contributed by atoms with Crippen LogP contribution in [0, 0.1) is 0 Å². The highest BCUT2D eigenvalue weighted by Crippen LogP contribution is 2.25. The van der Waals surface area contributed by atoms with Crippen LogP contribution in [0.5, 0.6) is 0 Å². The van der Waals surface area contributed by atoms with Gasteiger partial charge in [-0.3, -0.25) is 9.69 Å². The fourth-order valence-corrected chi connectivity index (χ4v) is 3.01. The third kappa shape index (κ3) is 5.21. The molecule has 0 saturated carbocycles. The highest BCUT2D eigenvalue weighted by molar-refractivity contribution is 5.97. The van der Waals surface area contributed by atoms with Crippen molar-refractivity contribution in [3.05, 3.63) is 48.3 Å². The first-order valence-corrected chi connectivity index (χ1v) is 8.35. The van der Waals surface area contributed by atoms with Crippen molar-refractivity contribution < 1.29 is 18.0 Å². The van der Waals surface area contributed by atoms with Gasteiger partial charge in [-0.1, -0.05) is 12.1 Å². The quantitative estimate of drug-likeness (QED) is 0.800. The molecule has 0 spiro atoms. The number of carbonyl (C=O) groups is 1. The molecule has 2 heterocycles. The van der Waals surface area contributed by atoms with E-state index >= 15 is 0 Å². The molecule has 1 atom stereocenters. The number of nitrogens with one attached hydrogen (secondary N) is 2. The third-order valence-corrected chi connectivity index (χ3v) is 4.33. The number of amides is 1. The summed E-state index contributed by atoms with van der Waals surface area (Å²) in [4.78, 5) is 13.9. The summed E-state index contributed by atoms with van der Waals surface area (Å²) in [6.45, 7) is 1.11. The molecule has 10 heteroatoms. The molecule has 0 aliphatic carbocycles. The minimum Gasteiger partial charge on any atom is -0.350 e. The molecule has 2 N–H and O–H groups in total. The van der Waals surface area contributed by atoms with Gasteiger partial charge in [-0.15, -0.1) is 12.4 Å². The molecule has 27 heavy (non-hydrogen) atoms. The van der Waals surface area contributed by atoms with Gasteiger partial charge in [-0.25, -0.2) is 4.68 Å². The van der Waals surface area contributed by atoms with Crippen molar-refractivity contribution in [1.29, 1.82) is 0 Å². The molecule has 1 saturated heterocycles. The van der Waals surface area contributed by atoms with Crippen molar-refractivity contribution in [2.45, 2.75) is 12.2 Å². The molecule has 3 rings (SSSR count). The molecule has 148 valence electrons. The summed E-state index contributed by atoms with van der Waals surface area (Å²) in [5.74, 6) is -0.555. The van der Waals surface area contributed by atoms with Crippen molar-refractivity contribution >= 4 is 18.3 Å². The lowest BCUT2D eigenvalue weighted by atomic mass is 10.1. The van der Waals surface area contributed by atoms with Gasteiger partial charge in [0.2, 0.25) is 0 Å². The Morgan fingerprint density at radius 1 is 1.22 bits per heavy atom. The van der Waals surface area contributed by atoms with Crippen molar-refractivity contribution in [2.75, 3.05) is 32.7 Å². The number of alkyl halides is 3. The predicted octanol–water partition coefficient (Wildman–Crippen LogP) is 1.86. The van der Waals surface area contributed by atoms with Crippen molar-refractivity contribution in [3.8, 4) is 5.69 Å². The van der Waals surface area contributed by atoms with Crippen LogP contribution in [0.2, 0.25) is 0 Å². The van der Waals surface area contributed by atoms with E-state index in [1.54, 1.807) is 42.7 Å². The Morgan fingerprint density at radius 3 is 2.56 bits per heavy atom. The summed E-state index contributed by atoms with van der Waals surface area (Å²) >= 11 is 0. The van der Waals surface area contributed by atoms with Crippen LogP contribution >= 0.6 is 12.4 Å². The van der Waals surface area contributed by atoms with Gasteiger partial charge in [0, 0.05) is 45.1 Å². The summed E-state index contributed by atoms with van der Waals surface area (Å²) in [5.41, 5.74) is 0.790. The van der Waals surface area contributed by atoms with Gasteiger partial charge in [-0.05, 0) is 18.2 Å². The van der Waals surface area contributed by atoms with Crippen LogP contribution in [0.25, 0.3) is 5.69 Å². The number of hydrogen-bond acceptors (Lipinski definition) is 4. The maximum Gasteiger partial charge on any atom is 0.405 e. The van der Waals surface area contributed by atoms with Crippen LogP contribution in [-0.4, -0.2) is 65.5 Å². The lowest BCUT2D eigenvalue weighted by Gasteiger charge is -2.35. The van der Waals surface area contributed by atoms with E-state index in [1.807, 2.05) is 0 Å². The molecule has 0 bridgehead atoms. The van der Waals surface area contributed by atoms with Crippen LogP contribution < -0.4 is 10.6 Å². The molecule has 1 aliphatic rings. The summed E-state index contributed by atoms with van der Waals surface area (Å²) < 4.78 is 41.8. The monoisotopic (exact) mass is 403 g/mol. The molecule has 0 radical (unpaired) electrons. The molecule has 1 aliphatic heterocycles. The van der Waals surface area contributed by atoms with Gasteiger partial charge in [0.15, 0.2) is 0 Å². The number of piperazine rings is 1. The summed E-state index contributed by atoms with van der Waals surface area (Å²) in [7, 11) is 0. The second-order valence-electron chi connectivity index (χ2n) is 6.02. The van der Waals surface area contributed by atoms with Crippen molar-refractivity contribution in [1.82, 2.24) is 25.3 Å². The Bertz CT molecular complexity index is 732. The number of para-hydroxylation sites is 1. The van der Waals surface area contributed by atoms with E-state index in [2.05, 4.69) is 15.7 Å². The van der Waals surface area contributed by atoms with Gasteiger partial charge in [-0.2, -0.15) is 18.3 Å². The van der Waals surface area contributed by atoms with Crippen LogP contribution in [0.15, 0.2) is 42.7 Å². The smallest absolute Gasteiger partial charge is 0.350 e. The van der Waals surface area contributed by atoms with E-state index in [0.29, 0.717) is 31.9 Å². The van der Waals surface area contributed by atoms with Crippen LogP contribution in [0.3, 0.4) is 0 Å². The molecule has 1 fully saturated rings. The Morgan fingerprint density at radius 2 is 1.93 bits per heavy atom. The Kier molecular flexibility index (Phi) is 7.23. The van der Waals surface area contributed by atoms with E-state index in [9.17, 15) is 18.0 Å². The maximum absolute atomic E-state index is 13.4. The Hall–Kier alpha value is -2.10. The number of nitrogens with zero attached hydrogens (tertiary/aromatic N) is 3. The molecule has 1 amide bonds. The number of benzene rings is 1. The SMILES string of the molecule is Cl.O=C(NCC(N1CCNCC1)C(F)(F)F)c1ccccc1-n1cccn1. The zero-order valence-electron chi connectivity index (χ0n) is 14.4. The fourth-order valence-electron chi connectivity index (χ4n) is 3.01. The molecule has 1 unspecified atom stereocenters. The first kappa shape index (κ1) is 21.2. The average molecular weight is 404 g/mol. The highest BCUT2D eigenvalue weighted by atomic mass is 35.5. The highest BCUT2D eigenvalue weighted by Gasteiger charge is 2.43. The molecular formula is C17H21ClF3N5O. The second-order valence-corrected chi connectivity index (χ2v) is 6.02. The first-order valence-electron chi connectivity index (χ1n) is 8.35. The third-order valence-electron chi connectivity index (χ3n) is 4.33.